The number of pyridine rings is 1. The number of halogens is 1. The quantitative estimate of drug-likeness (QED) is 0.788. The zero-order valence-corrected chi connectivity index (χ0v) is 13.7. The van der Waals surface area contributed by atoms with Crippen molar-refractivity contribution in [2.75, 3.05) is 36.5 Å². The molecule has 1 aliphatic rings. The number of nitrogens with zero attached hydrogens (tertiary/aromatic N) is 4. The molecule has 4 rings (SSSR count). The molecule has 1 aromatic carbocycles. The Morgan fingerprint density at radius 2 is 1.96 bits per heavy atom. The van der Waals surface area contributed by atoms with E-state index in [4.69, 9.17) is 4.74 Å². The first kappa shape index (κ1) is 15.7. The number of benzene rings is 1. The molecule has 25 heavy (non-hydrogen) atoms. The number of rotatable bonds is 4. The van der Waals surface area contributed by atoms with Crippen molar-refractivity contribution in [1.82, 2.24) is 15.0 Å². The van der Waals surface area contributed by atoms with Gasteiger partial charge in [0.2, 0.25) is 0 Å². The van der Waals surface area contributed by atoms with E-state index in [1.54, 1.807) is 12.3 Å². The SMILES string of the molecule is Fc1cccc2c(NCc3cccnc3N3CCOCC3)ncnc12. The van der Waals surface area contributed by atoms with Crippen LogP contribution in [0.15, 0.2) is 42.9 Å². The van der Waals surface area contributed by atoms with E-state index < -0.39 is 0 Å². The van der Waals surface area contributed by atoms with Gasteiger partial charge in [-0.3, -0.25) is 0 Å². The number of para-hydroxylation sites is 1. The monoisotopic (exact) mass is 339 g/mol. The highest BCUT2D eigenvalue weighted by molar-refractivity contribution is 5.89. The number of fused-ring (bicyclic) bond motifs is 1. The predicted molar refractivity (Wildman–Crippen MR) is 94.1 cm³/mol. The minimum atomic E-state index is -0.349. The van der Waals surface area contributed by atoms with Gasteiger partial charge in [-0.25, -0.2) is 19.3 Å². The number of morpholine rings is 1. The standard InChI is InChI=1S/C18H18FN5O/c19-15-5-1-4-14-16(15)22-12-23-17(14)21-11-13-3-2-6-20-18(13)24-7-9-25-10-8-24/h1-6,12H,7-11H2,(H,21,22,23). The summed E-state index contributed by atoms with van der Waals surface area (Å²) >= 11 is 0. The number of hydrogen-bond donors (Lipinski definition) is 1. The van der Waals surface area contributed by atoms with Crippen molar-refractivity contribution in [3.63, 3.8) is 0 Å². The lowest BCUT2D eigenvalue weighted by atomic mass is 10.2. The summed E-state index contributed by atoms with van der Waals surface area (Å²) in [7, 11) is 0. The number of nitrogens with one attached hydrogen (secondary N) is 1. The number of anilines is 2. The van der Waals surface area contributed by atoms with E-state index in [1.165, 1.54) is 12.4 Å². The van der Waals surface area contributed by atoms with E-state index in [0.29, 0.717) is 36.5 Å². The van der Waals surface area contributed by atoms with Crippen LogP contribution in [0.3, 0.4) is 0 Å². The van der Waals surface area contributed by atoms with Crippen LogP contribution < -0.4 is 10.2 Å². The van der Waals surface area contributed by atoms with Crippen LogP contribution >= 0.6 is 0 Å². The average Bonchev–Trinajstić information content (AvgIpc) is 2.68. The number of ether oxygens (including phenoxy) is 1. The zero-order chi connectivity index (χ0) is 17.1. The van der Waals surface area contributed by atoms with Crippen LogP contribution in [0.2, 0.25) is 0 Å². The lowest BCUT2D eigenvalue weighted by molar-refractivity contribution is 0.122. The topological polar surface area (TPSA) is 63.2 Å². The molecule has 1 N–H and O–H groups in total. The van der Waals surface area contributed by atoms with E-state index in [0.717, 1.165) is 24.5 Å². The normalized spacial score (nSPS) is 14.7. The highest BCUT2D eigenvalue weighted by Gasteiger charge is 2.16. The summed E-state index contributed by atoms with van der Waals surface area (Å²) in [5.74, 6) is 1.21. The molecule has 0 saturated carbocycles. The molecule has 0 bridgehead atoms. The highest BCUT2D eigenvalue weighted by Crippen LogP contribution is 2.23. The fourth-order valence-corrected chi connectivity index (χ4v) is 3.00. The van der Waals surface area contributed by atoms with Gasteiger partial charge in [0, 0.05) is 36.8 Å². The van der Waals surface area contributed by atoms with Gasteiger partial charge in [0.1, 0.15) is 29.3 Å². The molecule has 0 amide bonds. The summed E-state index contributed by atoms with van der Waals surface area (Å²) in [6.07, 6.45) is 3.17. The summed E-state index contributed by atoms with van der Waals surface area (Å²) in [5.41, 5.74) is 1.38. The lowest BCUT2D eigenvalue weighted by Crippen LogP contribution is -2.37. The summed E-state index contributed by atoms with van der Waals surface area (Å²) in [6, 6.07) is 8.83. The molecule has 1 saturated heterocycles. The molecule has 3 aromatic rings. The maximum Gasteiger partial charge on any atom is 0.149 e. The second-order valence-electron chi connectivity index (χ2n) is 5.80. The van der Waals surface area contributed by atoms with Crippen molar-refractivity contribution in [1.29, 1.82) is 0 Å². The Balaban J connectivity index is 1.59. The van der Waals surface area contributed by atoms with Gasteiger partial charge in [-0.15, -0.1) is 0 Å². The fourth-order valence-electron chi connectivity index (χ4n) is 3.00. The minimum Gasteiger partial charge on any atom is -0.378 e. The van der Waals surface area contributed by atoms with Crippen LogP contribution in [0.1, 0.15) is 5.56 Å². The lowest BCUT2D eigenvalue weighted by Gasteiger charge is -2.29. The third kappa shape index (κ3) is 3.23. The molecular weight excluding hydrogens is 321 g/mol. The second kappa shape index (κ2) is 6.98. The van der Waals surface area contributed by atoms with Crippen molar-refractivity contribution in [2.24, 2.45) is 0 Å². The number of hydrogen-bond acceptors (Lipinski definition) is 6. The van der Waals surface area contributed by atoms with E-state index in [9.17, 15) is 4.39 Å². The van der Waals surface area contributed by atoms with Gasteiger partial charge < -0.3 is 15.0 Å². The second-order valence-corrected chi connectivity index (χ2v) is 5.80. The average molecular weight is 339 g/mol. The molecule has 0 atom stereocenters. The van der Waals surface area contributed by atoms with Crippen molar-refractivity contribution >= 4 is 22.5 Å². The van der Waals surface area contributed by atoms with Gasteiger partial charge in [0.25, 0.3) is 0 Å². The van der Waals surface area contributed by atoms with Gasteiger partial charge in [0.15, 0.2) is 0 Å². The van der Waals surface area contributed by atoms with Crippen molar-refractivity contribution in [3.8, 4) is 0 Å². The van der Waals surface area contributed by atoms with Gasteiger partial charge in [-0.05, 0) is 18.2 Å². The van der Waals surface area contributed by atoms with Gasteiger partial charge >= 0.3 is 0 Å². The Labute approximate surface area is 144 Å². The summed E-state index contributed by atoms with van der Waals surface area (Å²) in [6.45, 7) is 3.61. The van der Waals surface area contributed by atoms with Crippen molar-refractivity contribution in [3.05, 3.63) is 54.2 Å². The van der Waals surface area contributed by atoms with Crippen LogP contribution in [0.4, 0.5) is 16.0 Å². The zero-order valence-electron chi connectivity index (χ0n) is 13.7. The Kier molecular flexibility index (Phi) is 4.39. The van der Waals surface area contributed by atoms with Crippen molar-refractivity contribution in [2.45, 2.75) is 6.54 Å². The largest absolute Gasteiger partial charge is 0.378 e. The molecule has 2 aromatic heterocycles. The van der Waals surface area contributed by atoms with Crippen LogP contribution in [-0.4, -0.2) is 41.3 Å². The Hall–Kier alpha value is -2.80. The van der Waals surface area contributed by atoms with Crippen LogP contribution in [0.5, 0.6) is 0 Å². The molecule has 3 heterocycles. The first-order valence-electron chi connectivity index (χ1n) is 8.22. The maximum absolute atomic E-state index is 13.9. The molecule has 0 aliphatic carbocycles. The summed E-state index contributed by atoms with van der Waals surface area (Å²) < 4.78 is 19.3. The third-order valence-corrected chi connectivity index (χ3v) is 4.24. The van der Waals surface area contributed by atoms with Crippen molar-refractivity contribution < 1.29 is 9.13 Å². The predicted octanol–water partition coefficient (Wildman–Crippen LogP) is 2.61. The number of aromatic nitrogens is 3. The molecule has 6 nitrogen and oxygen atoms in total. The molecule has 0 spiro atoms. The van der Waals surface area contributed by atoms with E-state index in [2.05, 4.69) is 25.2 Å². The van der Waals surface area contributed by atoms with Crippen LogP contribution in [0, 0.1) is 5.82 Å². The molecule has 7 heteroatoms. The maximum atomic E-state index is 13.9. The summed E-state index contributed by atoms with van der Waals surface area (Å²) in [5, 5.41) is 3.96. The van der Waals surface area contributed by atoms with Gasteiger partial charge in [0.05, 0.1) is 13.2 Å². The summed E-state index contributed by atoms with van der Waals surface area (Å²) in [4.78, 5) is 15.0. The van der Waals surface area contributed by atoms with E-state index in [1.807, 2.05) is 18.2 Å². The van der Waals surface area contributed by atoms with E-state index in [-0.39, 0.29) is 5.82 Å². The molecule has 128 valence electrons. The smallest absolute Gasteiger partial charge is 0.149 e. The molecule has 1 aliphatic heterocycles. The first-order valence-corrected chi connectivity index (χ1v) is 8.22. The van der Waals surface area contributed by atoms with Crippen LogP contribution in [0.25, 0.3) is 10.9 Å². The fraction of sp³-hybridized carbons (Fsp3) is 0.278. The first-order chi connectivity index (χ1) is 12.3. The molecule has 1 fully saturated rings. The minimum absolute atomic E-state index is 0.319. The molecular formula is C18H18FN5O. The van der Waals surface area contributed by atoms with E-state index >= 15 is 0 Å². The van der Waals surface area contributed by atoms with Gasteiger partial charge in [-0.2, -0.15) is 0 Å². The Bertz CT molecular complexity index is 882. The van der Waals surface area contributed by atoms with Gasteiger partial charge in [-0.1, -0.05) is 12.1 Å². The highest BCUT2D eigenvalue weighted by atomic mass is 19.1. The Morgan fingerprint density at radius 3 is 2.84 bits per heavy atom. The molecule has 0 unspecified atom stereocenters. The van der Waals surface area contributed by atoms with Crippen LogP contribution in [-0.2, 0) is 11.3 Å². The Morgan fingerprint density at radius 1 is 1.08 bits per heavy atom. The molecule has 0 radical (unpaired) electrons. The third-order valence-electron chi connectivity index (χ3n) is 4.24.